The topological polar surface area (TPSA) is 71.8 Å². The Labute approximate surface area is 170 Å². The van der Waals surface area contributed by atoms with Crippen LogP contribution in [0.3, 0.4) is 0 Å². The second-order valence-electron chi connectivity index (χ2n) is 7.68. The van der Waals surface area contributed by atoms with Crippen molar-refractivity contribution in [3.63, 3.8) is 0 Å². The Kier molecular flexibility index (Phi) is 4.92. The molecular weight excluding hydrogens is 362 g/mol. The molecule has 1 aromatic heterocycles. The maximum absolute atomic E-state index is 13.4. The number of aryl methyl sites for hydroxylation is 1. The van der Waals surface area contributed by atoms with E-state index >= 15 is 0 Å². The Morgan fingerprint density at radius 3 is 2.52 bits per heavy atom. The lowest BCUT2D eigenvalue weighted by atomic mass is 9.92. The molecule has 1 unspecified atom stereocenters. The highest BCUT2D eigenvalue weighted by atomic mass is 16.1. The predicted molar refractivity (Wildman–Crippen MR) is 115 cm³/mol. The van der Waals surface area contributed by atoms with Crippen molar-refractivity contribution in [2.75, 3.05) is 10.6 Å². The van der Waals surface area contributed by atoms with Crippen LogP contribution in [0, 0.1) is 6.92 Å². The number of fused-ring (bicyclic) bond motifs is 1. The molecule has 2 N–H and O–H groups in total. The Balaban J connectivity index is 1.75. The molecule has 2 heterocycles. The minimum Gasteiger partial charge on any atom is -0.328 e. The number of rotatable bonds is 4. The van der Waals surface area contributed by atoms with E-state index in [9.17, 15) is 4.79 Å². The van der Waals surface area contributed by atoms with Gasteiger partial charge in [-0.05, 0) is 42.5 Å². The minimum absolute atomic E-state index is 0.150. The van der Waals surface area contributed by atoms with E-state index < -0.39 is 0 Å². The van der Waals surface area contributed by atoms with Crippen LogP contribution in [-0.2, 0) is 4.79 Å². The Bertz CT molecular complexity index is 1080. The highest BCUT2D eigenvalue weighted by molar-refractivity contribution is 6.06. The summed E-state index contributed by atoms with van der Waals surface area (Å²) < 4.78 is 1.77. The SMILES string of the molecule is CC1=C(C(=O)Nc2ccccc2C)C(c2ccc(C(C)C)cc2)n2ncnc2N1. The fourth-order valence-corrected chi connectivity index (χ4v) is 3.66. The van der Waals surface area contributed by atoms with E-state index in [-0.39, 0.29) is 11.9 Å². The second-order valence-corrected chi connectivity index (χ2v) is 7.68. The molecule has 29 heavy (non-hydrogen) atoms. The standard InChI is InChI=1S/C23H25N5O/c1-14(2)17-9-11-18(12-10-17)21-20(16(4)26-23-24-13-25-28(21)23)22(29)27-19-8-6-5-7-15(19)3/h5-14,21H,1-4H3,(H,27,29)(H,24,25,26). The number of benzene rings is 2. The van der Waals surface area contributed by atoms with Gasteiger partial charge >= 0.3 is 0 Å². The first-order valence-corrected chi connectivity index (χ1v) is 9.80. The largest absolute Gasteiger partial charge is 0.328 e. The number of allylic oxidation sites excluding steroid dienone is 1. The quantitative estimate of drug-likeness (QED) is 0.684. The van der Waals surface area contributed by atoms with Crippen LogP contribution in [-0.4, -0.2) is 20.7 Å². The number of nitrogens with one attached hydrogen (secondary N) is 2. The molecule has 4 rings (SSSR count). The lowest BCUT2D eigenvalue weighted by Gasteiger charge is -2.29. The highest BCUT2D eigenvalue weighted by Gasteiger charge is 2.33. The van der Waals surface area contributed by atoms with Crippen molar-refractivity contribution in [3.8, 4) is 0 Å². The summed E-state index contributed by atoms with van der Waals surface area (Å²) in [5, 5.41) is 10.7. The van der Waals surface area contributed by atoms with Crippen LogP contribution in [0.25, 0.3) is 0 Å². The second kappa shape index (κ2) is 7.54. The molecule has 2 aromatic carbocycles. The molecule has 3 aromatic rings. The van der Waals surface area contributed by atoms with E-state index in [4.69, 9.17) is 0 Å². The number of para-hydroxylation sites is 1. The van der Waals surface area contributed by atoms with Crippen LogP contribution >= 0.6 is 0 Å². The number of amides is 1. The van der Waals surface area contributed by atoms with E-state index in [1.165, 1.54) is 11.9 Å². The van der Waals surface area contributed by atoms with Crippen molar-refractivity contribution in [1.29, 1.82) is 0 Å². The number of nitrogens with zero attached hydrogens (tertiary/aromatic N) is 3. The van der Waals surface area contributed by atoms with E-state index in [1.807, 2.05) is 38.1 Å². The van der Waals surface area contributed by atoms with Gasteiger partial charge in [0.2, 0.25) is 5.95 Å². The van der Waals surface area contributed by atoms with Gasteiger partial charge in [0.05, 0.1) is 5.57 Å². The van der Waals surface area contributed by atoms with Crippen molar-refractivity contribution in [2.24, 2.45) is 0 Å². The number of hydrogen-bond donors (Lipinski definition) is 2. The summed E-state index contributed by atoms with van der Waals surface area (Å²) >= 11 is 0. The molecule has 0 saturated carbocycles. The lowest BCUT2D eigenvalue weighted by Crippen LogP contribution is -2.31. The van der Waals surface area contributed by atoms with Gasteiger partial charge in [0.25, 0.3) is 5.91 Å². The van der Waals surface area contributed by atoms with E-state index in [0.717, 1.165) is 22.5 Å². The third-order valence-corrected chi connectivity index (χ3v) is 5.35. The van der Waals surface area contributed by atoms with Gasteiger partial charge in [-0.15, -0.1) is 0 Å². The minimum atomic E-state index is -0.348. The van der Waals surface area contributed by atoms with Gasteiger partial charge in [-0.3, -0.25) is 4.79 Å². The van der Waals surface area contributed by atoms with E-state index in [1.54, 1.807) is 4.68 Å². The Morgan fingerprint density at radius 1 is 1.10 bits per heavy atom. The van der Waals surface area contributed by atoms with E-state index in [2.05, 4.69) is 58.8 Å². The first-order valence-electron chi connectivity index (χ1n) is 9.80. The zero-order valence-corrected chi connectivity index (χ0v) is 17.1. The molecule has 0 aliphatic carbocycles. The van der Waals surface area contributed by atoms with Gasteiger partial charge in [-0.1, -0.05) is 56.3 Å². The maximum atomic E-state index is 13.4. The van der Waals surface area contributed by atoms with Gasteiger partial charge in [-0.25, -0.2) is 4.68 Å². The monoisotopic (exact) mass is 387 g/mol. The van der Waals surface area contributed by atoms with Gasteiger partial charge < -0.3 is 10.6 Å². The summed E-state index contributed by atoms with van der Waals surface area (Å²) in [5.74, 6) is 0.927. The Hall–Kier alpha value is -3.41. The number of aromatic nitrogens is 3. The molecular formula is C23H25N5O. The predicted octanol–water partition coefficient (Wildman–Crippen LogP) is 4.64. The zero-order valence-electron chi connectivity index (χ0n) is 17.1. The van der Waals surface area contributed by atoms with Crippen LogP contribution in [0.5, 0.6) is 0 Å². The summed E-state index contributed by atoms with van der Waals surface area (Å²) in [6.07, 6.45) is 1.51. The molecule has 148 valence electrons. The number of hydrogen-bond acceptors (Lipinski definition) is 4. The maximum Gasteiger partial charge on any atom is 0.255 e. The molecule has 0 bridgehead atoms. The molecule has 1 atom stereocenters. The third-order valence-electron chi connectivity index (χ3n) is 5.35. The van der Waals surface area contributed by atoms with Crippen molar-refractivity contribution in [2.45, 2.75) is 39.7 Å². The van der Waals surface area contributed by atoms with Crippen molar-refractivity contribution in [3.05, 3.63) is 82.8 Å². The molecule has 1 amide bonds. The summed E-state index contributed by atoms with van der Waals surface area (Å²) in [4.78, 5) is 17.6. The van der Waals surface area contributed by atoms with Gasteiger partial charge in [0.15, 0.2) is 0 Å². The lowest BCUT2D eigenvalue weighted by molar-refractivity contribution is -0.113. The molecule has 1 aliphatic heterocycles. The number of carbonyl (C=O) groups is 1. The number of anilines is 2. The van der Waals surface area contributed by atoms with Gasteiger partial charge in [0, 0.05) is 11.4 Å². The van der Waals surface area contributed by atoms with Crippen LogP contribution in [0.15, 0.2) is 66.1 Å². The van der Waals surface area contributed by atoms with Crippen LogP contribution in [0.4, 0.5) is 11.6 Å². The summed E-state index contributed by atoms with van der Waals surface area (Å²) in [7, 11) is 0. The first-order chi connectivity index (χ1) is 14.0. The summed E-state index contributed by atoms with van der Waals surface area (Å²) in [6.45, 7) is 8.22. The van der Waals surface area contributed by atoms with E-state index in [0.29, 0.717) is 17.4 Å². The highest BCUT2D eigenvalue weighted by Crippen LogP contribution is 2.35. The average molecular weight is 387 g/mol. The molecule has 6 nitrogen and oxygen atoms in total. The molecule has 6 heteroatoms. The van der Waals surface area contributed by atoms with Crippen LogP contribution < -0.4 is 10.6 Å². The smallest absolute Gasteiger partial charge is 0.255 e. The average Bonchev–Trinajstić information content (AvgIpc) is 3.16. The first kappa shape index (κ1) is 18.9. The van der Waals surface area contributed by atoms with Crippen LogP contribution in [0.1, 0.15) is 49.4 Å². The Morgan fingerprint density at radius 2 is 1.83 bits per heavy atom. The van der Waals surface area contributed by atoms with Gasteiger partial charge in [-0.2, -0.15) is 10.1 Å². The van der Waals surface area contributed by atoms with Crippen molar-refractivity contribution < 1.29 is 4.79 Å². The van der Waals surface area contributed by atoms with Gasteiger partial charge in [0.1, 0.15) is 12.4 Å². The molecule has 0 saturated heterocycles. The summed E-state index contributed by atoms with van der Waals surface area (Å²) in [5.41, 5.74) is 5.47. The zero-order chi connectivity index (χ0) is 20.5. The fourth-order valence-electron chi connectivity index (χ4n) is 3.66. The molecule has 0 spiro atoms. The van der Waals surface area contributed by atoms with Crippen molar-refractivity contribution in [1.82, 2.24) is 14.8 Å². The molecule has 0 radical (unpaired) electrons. The molecule has 0 fully saturated rings. The molecule has 1 aliphatic rings. The third kappa shape index (κ3) is 3.53. The fraction of sp³-hybridized carbons (Fsp3) is 0.261. The van der Waals surface area contributed by atoms with Crippen molar-refractivity contribution >= 4 is 17.5 Å². The van der Waals surface area contributed by atoms with Crippen LogP contribution in [0.2, 0.25) is 0 Å². The normalized spacial score (nSPS) is 15.8. The number of carbonyl (C=O) groups excluding carboxylic acids is 1. The summed E-state index contributed by atoms with van der Waals surface area (Å²) in [6, 6.07) is 15.8.